The Balaban J connectivity index is 1.95. The molecule has 1 aromatic carbocycles. The van der Waals surface area contributed by atoms with Gasteiger partial charge < -0.3 is 0 Å². The Morgan fingerprint density at radius 2 is 1.95 bits per heavy atom. The second-order valence-electron chi connectivity index (χ2n) is 6.28. The van der Waals surface area contributed by atoms with E-state index in [2.05, 4.69) is 55.4 Å². The first-order valence-corrected chi connectivity index (χ1v) is 8.73. The van der Waals surface area contributed by atoms with Crippen molar-refractivity contribution in [2.45, 2.75) is 31.2 Å². The Kier molecular flexibility index (Phi) is 4.23. The van der Waals surface area contributed by atoms with Gasteiger partial charge in [-0.2, -0.15) is 0 Å². The highest BCUT2D eigenvalue weighted by Crippen LogP contribution is 2.47. The highest BCUT2D eigenvalue weighted by Gasteiger charge is 2.40. The molecule has 2 nitrogen and oxygen atoms in total. The van der Waals surface area contributed by atoms with E-state index in [0.29, 0.717) is 5.78 Å². The maximum absolute atomic E-state index is 12.2. The summed E-state index contributed by atoms with van der Waals surface area (Å²) in [7, 11) is 4.27. The van der Waals surface area contributed by atoms with Gasteiger partial charge in [0.1, 0.15) is 5.78 Å². The molecule has 1 saturated carbocycles. The summed E-state index contributed by atoms with van der Waals surface area (Å²) in [5.41, 5.74) is 1.25. The molecule has 1 heterocycles. The zero-order chi connectivity index (χ0) is 14.9. The normalized spacial score (nSPS) is 29.8. The second kappa shape index (κ2) is 5.98. The van der Waals surface area contributed by atoms with Gasteiger partial charge >= 0.3 is 0 Å². The zero-order valence-corrected chi connectivity index (χ0v) is 13.7. The summed E-state index contributed by atoms with van der Waals surface area (Å²) >= 11 is 1.88. The van der Waals surface area contributed by atoms with Crippen molar-refractivity contribution in [3.63, 3.8) is 0 Å². The molecule has 0 aromatic heterocycles. The van der Waals surface area contributed by atoms with E-state index in [-0.39, 0.29) is 11.5 Å². The fourth-order valence-electron chi connectivity index (χ4n) is 3.41. The first-order chi connectivity index (χ1) is 10.1. The molecule has 1 aliphatic carbocycles. The van der Waals surface area contributed by atoms with Crippen LogP contribution < -0.4 is 0 Å². The average Bonchev–Trinajstić information content (AvgIpc) is 2.95. The standard InChI is InChI=1S/C18H23NOS/c1-19(2)18(14-8-4-3-5-9-14)12-17(21-13-18)15-10-6-7-11-16(15)20/h3-5,8-9,12,15H,6-7,10-11,13H2,1-2H3. The smallest absolute Gasteiger partial charge is 0.140 e. The lowest BCUT2D eigenvalue weighted by Crippen LogP contribution is -2.40. The summed E-state index contributed by atoms with van der Waals surface area (Å²) in [4.78, 5) is 15.8. The maximum atomic E-state index is 12.2. The van der Waals surface area contributed by atoms with Crippen molar-refractivity contribution < 1.29 is 4.79 Å². The molecule has 21 heavy (non-hydrogen) atoms. The lowest BCUT2D eigenvalue weighted by molar-refractivity contribution is -0.123. The van der Waals surface area contributed by atoms with Gasteiger partial charge in [-0.25, -0.2) is 0 Å². The van der Waals surface area contributed by atoms with Crippen molar-refractivity contribution in [3.05, 3.63) is 46.9 Å². The third kappa shape index (κ3) is 2.69. The number of ketones is 1. The number of carbonyl (C=O) groups is 1. The number of benzene rings is 1. The largest absolute Gasteiger partial charge is 0.299 e. The molecular weight excluding hydrogens is 278 g/mol. The quantitative estimate of drug-likeness (QED) is 0.846. The number of hydrogen-bond acceptors (Lipinski definition) is 3. The van der Waals surface area contributed by atoms with Crippen LogP contribution in [0.25, 0.3) is 0 Å². The van der Waals surface area contributed by atoms with E-state index in [1.54, 1.807) is 0 Å². The van der Waals surface area contributed by atoms with Gasteiger partial charge in [0.25, 0.3) is 0 Å². The van der Waals surface area contributed by atoms with Crippen LogP contribution in [-0.2, 0) is 10.3 Å². The van der Waals surface area contributed by atoms with Gasteiger partial charge in [0.2, 0.25) is 0 Å². The number of Topliss-reactive ketones (excluding diaryl/α,β-unsaturated/α-hetero) is 1. The summed E-state index contributed by atoms with van der Waals surface area (Å²) in [6.07, 6.45) is 6.43. The number of carbonyl (C=O) groups excluding carboxylic acids is 1. The molecular formula is C18H23NOS. The van der Waals surface area contributed by atoms with Crippen LogP contribution in [-0.4, -0.2) is 30.5 Å². The van der Waals surface area contributed by atoms with Gasteiger partial charge in [-0.15, -0.1) is 11.8 Å². The van der Waals surface area contributed by atoms with Crippen molar-refractivity contribution in [2.24, 2.45) is 5.92 Å². The monoisotopic (exact) mass is 301 g/mol. The summed E-state index contributed by atoms with van der Waals surface area (Å²) in [5.74, 6) is 1.61. The van der Waals surface area contributed by atoms with Gasteiger partial charge in [-0.3, -0.25) is 9.69 Å². The van der Waals surface area contributed by atoms with Crippen LogP contribution in [0.15, 0.2) is 41.3 Å². The van der Waals surface area contributed by atoms with Gasteiger partial charge in [0, 0.05) is 18.1 Å². The van der Waals surface area contributed by atoms with Crippen molar-refractivity contribution in [1.82, 2.24) is 4.90 Å². The first kappa shape index (κ1) is 14.9. The number of likely N-dealkylation sites (N-methyl/N-ethyl adjacent to an activating group) is 1. The number of hydrogen-bond donors (Lipinski definition) is 0. The van der Waals surface area contributed by atoms with Crippen LogP contribution >= 0.6 is 11.8 Å². The Labute approximate surface area is 131 Å². The molecule has 0 saturated heterocycles. The first-order valence-electron chi connectivity index (χ1n) is 7.75. The fraction of sp³-hybridized carbons (Fsp3) is 0.500. The minimum Gasteiger partial charge on any atom is -0.299 e. The highest BCUT2D eigenvalue weighted by molar-refractivity contribution is 8.03. The van der Waals surface area contributed by atoms with Gasteiger partial charge in [-0.05, 0) is 43.5 Å². The molecule has 3 rings (SSSR count). The van der Waals surface area contributed by atoms with Gasteiger partial charge in [0.15, 0.2) is 0 Å². The molecule has 0 spiro atoms. The molecule has 2 atom stereocenters. The van der Waals surface area contributed by atoms with Crippen LogP contribution in [0.5, 0.6) is 0 Å². The van der Waals surface area contributed by atoms with Crippen LogP contribution in [0.1, 0.15) is 31.2 Å². The fourth-order valence-corrected chi connectivity index (χ4v) is 5.03. The number of rotatable bonds is 3. The third-order valence-electron chi connectivity index (χ3n) is 4.81. The van der Waals surface area contributed by atoms with E-state index in [1.165, 1.54) is 16.9 Å². The SMILES string of the molecule is CN(C)C1(c2ccccc2)C=C(C2CCCCC2=O)SC1. The van der Waals surface area contributed by atoms with Crippen molar-refractivity contribution in [3.8, 4) is 0 Å². The van der Waals surface area contributed by atoms with Crippen LogP contribution in [0, 0.1) is 5.92 Å². The van der Waals surface area contributed by atoms with Crippen LogP contribution in [0.3, 0.4) is 0 Å². The molecule has 112 valence electrons. The predicted octanol–water partition coefficient (Wildman–Crippen LogP) is 3.83. The summed E-state index contributed by atoms with van der Waals surface area (Å²) in [5, 5.41) is 0. The van der Waals surface area contributed by atoms with E-state index >= 15 is 0 Å². The Morgan fingerprint density at radius 3 is 2.62 bits per heavy atom. The van der Waals surface area contributed by atoms with Crippen LogP contribution in [0.4, 0.5) is 0 Å². The van der Waals surface area contributed by atoms with E-state index in [0.717, 1.165) is 25.0 Å². The molecule has 2 aliphatic rings. The predicted molar refractivity (Wildman–Crippen MR) is 89.3 cm³/mol. The summed E-state index contributed by atoms with van der Waals surface area (Å²) < 4.78 is 0. The minimum atomic E-state index is -0.0704. The molecule has 3 heteroatoms. The molecule has 2 unspecified atom stereocenters. The zero-order valence-electron chi connectivity index (χ0n) is 12.8. The van der Waals surface area contributed by atoms with E-state index < -0.39 is 0 Å². The molecule has 0 N–H and O–H groups in total. The Bertz CT molecular complexity index is 552. The van der Waals surface area contributed by atoms with Crippen molar-refractivity contribution in [1.29, 1.82) is 0 Å². The molecule has 0 radical (unpaired) electrons. The summed E-state index contributed by atoms with van der Waals surface area (Å²) in [6, 6.07) is 10.7. The Morgan fingerprint density at radius 1 is 1.19 bits per heavy atom. The minimum absolute atomic E-state index is 0.0704. The third-order valence-corrected chi connectivity index (χ3v) is 6.13. The van der Waals surface area contributed by atoms with E-state index in [4.69, 9.17) is 0 Å². The van der Waals surface area contributed by atoms with Gasteiger partial charge in [0.05, 0.1) is 5.54 Å². The molecule has 0 bridgehead atoms. The number of thioether (sulfide) groups is 1. The summed E-state index contributed by atoms with van der Waals surface area (Å²) in [6.45, 7) is 0. The second-order valence-corrected chi connectivity index (χ2v) is 7.33. The van der Waals surface area contributed by atoms with Crippen LogP contribution in [0.2, 0.25) is 0 Å². The van der Waals surface area contributed by atoms with E-state index in [1.807, 2.05) is 11.8 Å². The lowest BCUT2D eigenvalue weighted by atomic mass is 9.84. The number of nitrogens with zero attached hydrogens (tertiary/aromatic N) is 1. The molecule has 1 aliphatic heterocycles. The van der Waals surface area contributed by atoms with Crippen molar-refractivity contribution >= 4 is 17.5 Å². The number of allylic oxidation sites excluding steroid dienone is 1. The molecule has 1 aromatic rings. The Hall–Kier alpha value is -1.06. The molecule has 0 amide bonds. The van der Waals surface area contributed by atoms with Gasteiger partial charge in [-0.1, -0.05) is 36.8 Å². The van der Waals surface area contributed by atoms with Crippen molar-refractivity contribution in [2.75, 3.05) is 19.8 Å². The van der Waals surface area contributed by atoms with E-state index in [9.17, 15) is 4.79 Å². The topological polar surface area (TPSA) is 20.3 Å². The average molecular weight is 301 g/mol. The maximum Gasteiger partial charge on any atom is 0.140 e. The highest BCUT2D eigenvalue weighted by atomic mass is 32.2. The lowest BCUT2D eigenvalue weighted by Gasteiger charge is -2.34. The molecule has 1 fully saturated rings.